The van der Waals surface area contributed by atoms with Crippen molar-refractivity contribution in [1.82, 2.24) is 0 Å². The van der Waals surface area contributed by atoms with E-state index in [1.54, 1.807) is 12.1 Å². The van der Waals surface area contributed by atoms with Gasteiger partial charge in [-0.15, -0.1) is 12.3 Å². The van der Waals surface area contributed by atoms with Crippen LogP contribution in [-0.2, 0) is 0 Å². The maximum Gasteiger partial charge on any atom is 0.115 e. The monoisotopic (exact) mass is 296 g/mol. The van der Waals surface area contributed by atoms with Gasteiger partial charge in [0.05, 0.1) is 6.10 Å². The normalized spacial score (nSPS) is 42.9. The molecule has 2 heteroatoms. The van der Waals surface area contributed by atoms with E-state index in [1.807, 2.05) is 6.07 Å². The molecule has 3 aliphatic carbocycles. The van der Waals surface area contributed by atoms with Crippen molar-refractivity contribution in [2.24, 2.45) is 23.2 Å². The Morgan fingerprint density at radius 3 is 2.82 bits per heavy atom. The summed E-state index contributed by atoms with van der Waals surface area (Å²) in [4.78, 5) is 0. The fraction of sp³-hybridized carbons (Fsp3) is 0.600. The molecule has 2 saturated carbocycles. The van der Waals surface area contributed by atoms with E-state index in [2.05, 4.69) is 12.8 Å². The fourth-order valence-corrected chi connectivity index (χ4v) is 5.85. The lowest BCUT2D eigenvalue weighted by Crippen LogP contribution is -2.42. The first-order valence-corrected chi connectivity index (χ1v) is 8.51. The summed E-state index contributed by atoms with van der Waals surface area (Å²) in [6.45, 7) is 2.38. The number of hydrogen-bond acceptors (Lipinski definition) is 2. The molecule has 0 radical (unpaired) electrons. The lowest BCUT2D eigenvalue weighted by molar-refractivity contribution is 0.00783. The topological polar surface area (TPSA) is 40.5 Å². The number of aliphatic hydroxyl groups excluding tert-OH is 1. The van der Waals surface area contributed by atoms with Gasteiger partial charge in [-0.1, -0.05) is 13.0 Å². The van der Waals surface area contributed by atoms with Gasteiger partial charge in [-0.05, 0) is 78.5 Å². The SMILES string of the molecule is C#C[C@H]1CCC2C3C[C@@H](O)c4cc(O)ccc4C3CC[C@@]21C. The maximum absolute atomic E-state index is 10.6. The van der Waals surface area contributed by atoms with Gasteiger partial charge in [0.25, 0.3) is 0 Å². The first kappa shape index (κ1) is 14.2. The fourth-order valence-electron chi connectivity index (χ4n) is 5.85. The van der Waals surface area contributed by atoms with E-state index in [-0.39, 0.29) is 11.2 Å². The minimum atomic E-state index is -0.449. The Balaban J connectivity index is 1.74. The number of phenols is 1. The highest BCUT2D eigenvalue weighted by molar-refractivity contribution is 5.41. The minimum absolute atomic E-state index is 0.254. The molecule has 1 aromatic carbocycles. The summed E-state index contributed by atoms with van der Waals surface area (Å²) >= 11 is 0. The van der Waals surface area contributed by atoms with Crippen molar-refractivity contribution in [2.75, 3.05) is 0 Å². The summed E-state index contributed by atoms with van der Waals surface area (Å²) in [7, 11) is 0. The molecule has 2 fully saturated rings. The second-order valence-corrected chi connectivity index (χ2v) is 7.78. The maximum atomic E-state index is 10.6. The van der Waals surface area contributed by atoms with E-state index in [0.29, 0.717) is 23.7 Å². The molecule has 0 aromatic heterocycles. The molecule has 0 bridgehead atoms. The Morgan fingerprint density at radius 2 is 2.05 bits per heavy atom. The van der Waals surface area contributed by atoms with Crippen molar-refractivity contribution < 1.29 is 10.2 Å². The Labute approximate surface area is 132 Å². The van der Waals surface area contributed by atoms with Gasteiger partial charge < -0.3 is 10.2 Å². The van der Waals surface area contributed by atoms with E-state index in [1.165, 1.54) is 18.4 Å². The third-order valence-corrected chi connectivity index (χ3v) is 6.96. The molecule has 6 atom stereocenters. The predicted molar refractivity (Wildman–Crippen MR) is 86.3 cm³/mol. The molecule has 3 unspecified atom stereocenters. The third-order valence-electron chi connectivity index (χ3n) is 6.96. The van der Waals surface area contributed by atoms with Crippen LogP contribution in [0.15, 0.2) is 18.2 Å². The molecule has 116 valence electrons. The molecule has 1 aromatic rings. The number of terminal acetylenes is 1. The molecular formula is C20H24O2. The van der Waals surface area contributed by atoms with Crippen LogP contribution >= 0.6 is 0 Å². The van der Waals surface area contributed by atoms with Gasteiger partial charge in [0.1, 0.15) is 5.75 Å². The molecule has 0 heterocycles. The molecule has 0 amide bonds. The number of aliphatic hydroxyl groups is 1. The molecule has 2 N–H and O–H groups in total. The minimum Gasteiger partial charge on any atom is -0.508 e. The first-order valence-electron chi connectivity index (χ1n) is 8.51. The number of phenolic OH excluding ortho intramolecular Hbond substituents is 1. The van der Waals surface area contributed by atoms with Crippen LogP contribution < -0.4 is 0 Å². The molecule has 0 saturated heterocycles. The van der Waals surface area contributed by atoms with Crippen LogP contribution in [-0.4, -0.2) is 10.2 Å². The highest BCUT2D eigenvalue weighted by atomic mass is 16.3. The summed E-state index contributed by atoms with van der Waals surface area (Å²) in [6, 6.07) is 5.55. The van der Waals surface area contributed by atoms with E-state index in [4.69, 9.17) is 6.42 Å². The Morgan fingerprint density at radius 1 is 1.23 bits per heavy atom. The van der Waals surface area contributed by atoms with E-state index >= 15 is 0 Å². The van der Waals surface area contributed by atoms with Gasteiger partial charge in [0.2, 0.25) is 0 Å². The van der Waals surface area contributed by atoms with E-state index in [0.717, 1.165) is 24.8 Å². The van der Waals surface area contributed by atoms with Crippen LogP contribution in [0.25, 0.3) is 0 Å². The highest BCUT2D eigenvalue weighted by Crippen LogP contribution is 2.63. The Bertz CT molecular complexity index is 644. The van der Waals surface area contributed by atoms with Crippen LogP contribution in [0.5, 0.6) is 5.75 Å². The Kier molecular flexibility index (Phi) is 3.07. The van der Waals surface area contributed by atoms with Crippen LogP contribution in [0, 0.1) is 35.5 Å². The van der Waals surface area contributed by atoms with Gasteiger partial charge in [0.15, 0.2) is 0 Å². The van der Waals surface area contributed by atoms with Gasteiger partial charge >= 0.3 is 0 Å². The van der Waals surface area contributed by atoms with Crippen molar-refractivity contribution in [2.45, 2.75) is 51.0 Å². The molecule has 0 aliphatic heterocycles. The second-order valence-electron chi connectivity index (χ2n) is 7.78. The largest absolute Gasteiger partial charge is 0.508 e. The first-order chi connectivity index (χ1) is 10.5. The molecule has 0 spiro atoms. The van der Waals surface area contributed by atoms with Crippen LogP contribution in [0.2, 0.25) is 0 Å². The van der Waals surface area contributed by atoms with Crippen LogP contribution in [0.4, 0.5) is 0 Å². The number of aromatic hydroxyl groups is 1. The molecule has 3 aliphatic rings. The number of rotatable bonds is 0. The molecule has 2 nitrogen and oxygen atoms in total. The third kappa shape index (κ3) is 1.78. The average molecular weight is 296 g/mol. The standard InChI is InChI=1S/C20H24O2/c1-3-12-4-7-18-16-11-19(22)17-10-13(21)5-6-14(17)15(16)8-9-20(12,18)2/h1,5-6,10,12,15-16,18-19,21-22H,4,7-9,11H2,2H3/t12-,15?,16?,18?,19+,20+/m0/s1. The van der Waals surface area contributed by atoms with Crippen molar-refractivity contribution in [3.8, 4) is 18.1 Å². The quantitative estimate of drug-likeness (QED) is 0.711. The molecule has 22 heavy (non-hydrogen) atoms. The van der Waals surface area contributed by atoms with Crippen molar-refractivity contribution in [1.29, 1.82) is 0 Å². The van der Waals surface area contributed by atoms with Gasteiger partial charge in [-0.2, -0.15) is 0 Å². The van der Waals surface area contributed by atoms with Crippen molar-refractivity contribution >= 4 is 0 Å². The summed E-state index contributed by atoms with van der Waals surface area (Å²) in [6.07, 6.45) is 10.8. The number of fused-ring (bicyclic) bond motifs is 5. The van der Waals surface area contributed by atoms with Crippen LogP contribution in [0.3, 0.4) is 0 Å². The summed E-state index contributed by atoms with van der Waals surface area (Å²) in [5, 5.41) is 20.3. The van der Waals surface area contributed by atoms with Gasteiger partial charge in [-0.25, -0.2) is 0 Å². The summed E-state index contributed by atoms with van der Waals surface area (Å²) in [5.74, 6) is 5.38. The lowest BCUT2D eigenvalue weighted by Gasteiger charge is -2.51. The van der Waals surface area contributed by atoms with Gasteiger partial charge in [0, 0.05) is 5.92 Å². The zero-order chi connectivity index (χ0) is 15.5. The summed E-state index contributed by atoms with van der Waals surface area (Å²) in [5.41, 5.74) is 2.45. The van der Waals surface area contributed by atoms with E-state index < -0.39 is 6.10 Å². The average Bonchev–Trinajstić information content (AvgIpc) is 2.84. The molecule has 4 rings (SSSR count). The zero-order valence-electron chi connectivity index (χ0n) is 13.1. The molecular weight excluding hydrogens is 272 g/mol. The predicted octanol–water partition coefficient (Wildman–Crippen LogP) is 3.99. The smallest absolute Gasteiger partial charge is 0.115 e. The van der Waals surface area contributed by atoms with Crippen molar-refractivity contribution in [3.63, 3.8) is 0 Å². The second kappa shape index (κ2) is 4.77. The lowest BCUT2D eigenvalue weighted by atomic mass is 9.54. The zero-order valence-corrected chi connectivity index (χ0v) is 13.1. The number of hydrogen-bond donors (Lipinski definition) is 2. The highest BCUT2D eigenvalue weighted by Gasteiger charge is 2.55. The summed E-state index contributed by atoms with van der Waals surface area (Å²) < 4.78 is 0. The van der Waals surface area contributed by atoms with Gasteiger partial charge in [-0.3, -0.25) is 0 Å². The van der Waals surface area contributed by atoms with Crippen LogP contribution in [0.1, 0.15) is 62.2 Å². The van der Waals surface area contributed by atoms with Crippen molar-refractivity contribution in [3.05, 3.63) is 29.3 Å². The Hall–Kier alpha value is -1.46. The van der Waals surface area contributed by atoms with E-state index in [9.17, 15) is 10.2 Å². The number of benzene rings is 1.